The van der Waals surface area contributed by atoms with Crippen LogP contribution in [0.1, 0.15) is 41.1 Å². The van der Waals surface area contributed by atoms with Gasteiger partial charge in [-0.1, -0.05) is 40.7 Å². The average molecular weight is 348 g/mol. The first-order valence-corrected chi connectivity index (χ1v) is 9.54. The molecule has 2 nitrogen and oxygen atoms in total. The van der Waals surface area contributed by atoms with Crippen LogP contribution < -0.4 is 10.9 Å². The van der Waals surface area contributed by atoms with Crippen molar-refractivity contribution in [1.29, 1.82) is 0 Å². The van der Waals surface area contributed by atoms with Crippen LogP contribution in [0.25, 0.3) is 12.2 Å². The number of rotatable bonds is 1. The van der Waals surface area contributed by atoms with Crippen LogP contribution in [-0.2, 0) is 0 Å². The lowest BCUT2D eigenvalue weighted by Gasteiger charge is -2.36. The third-order valence-electron chi connectivity index (χ3n) is 5.75. The van der Waals surface area contributed by atoms with E-state index in [0.717, 1.165) is 18.1 Å². The SMILES string of the molecule is Bc1cnc2c(c1)C=Cc1cc(Cl)cc(B)c1C2C1CCN(C)CC1. The Kier molecular flexibility index (Phi) is 4.51. The second-order valence-corrected chi connectivity index (χ2v) is 8.10. The molecule has 0 saturated carbocycles. The molecule has 0 N–H and O–H groups in total. The first kappa shape index (κ1) is 16.9. The van der Waals surface area contributed by atoms with E-state index in [1.165, 1.54) is 46.2 Å². The number of aromatic nitrogens is 1. The predicted molar refractivity (Wildman–Crippen MR) is 113 cm³/mol. The molecular formula is C20H23B2ClN2. The van der Waals surface area contributed by atoms with Crippen LogP contribution in [0, 0.1) is 5.92 Å². The molecule has 0 spiro atoms. The maximum Gasteiger partial charge on any atom is 0.141 e. The molecular weight excluding hydrogens is 325 g/mol. The molecule has 5 heteroatoms. The molecule has 0 amide bonds. The fourth-order valence-electron chi connectivity index (χ4n) is 4.48. The van der Waals surface area contributed by atoms with Crippen LogP contribution in [0.3, 0.4) is 0 Å². The van der Waals surface area contributed by atoms with Crippen molar-refractivity contribution in [3.05, 3.63) is 51.8 Å². The first-order chi connectivity index (χ1) is 12.0. The molecule has 2 aromatic rings. The highest BCUT2D eigenvalue weighted by Gasteiger charge is 2.33. The third kappa shape index (κ3) is 3.18. The molecule has 1 aromatic carbocycles. The molecule has 4 rings (SSSR count). The highest BCUT2D eigenvalue weighted by Crippen LogP contribution is 2.41. The molecule has 126 valence electrons. The summed E-state index contributed by atoms with van der Waals surface area (Å²) in [5.74, 6) is 0.982. The van der Waals surface area contributed by atoms with Gasteiger partial charge in [-0.25, -0.2) is 0 Å². The molecule has 1 aliphatic heterocycles. The normalized spacial score (nSPS) is 20.8. The van der Waals surface area contributed by atoms with Crippen molar-refractivity contribution in [3.63, 3.8) is 0 Å². The number of hydrogen-bond donors (Lipinski definition) is 0. The largest absolute Gasteiger partial charge is 0.306 e. The summed E-state index contributed by atoms with van der Waals surface area (Å²) >= 11 is 6.37. The van der Waals surface area contributed by atoms with E-state index in [2.05, 4.69) is 58.0 Å². The van der Waals surface area contributed by atoms with Gasteiger partial charge in [0, 0.05) is 17.1 Å². The summed E-state index contributed by atoms with van der Waals surface area (Å²) in [4.78, 5) is 7.35. The summed E-state index contributed by atoms with van der Waals surface area (Å²) in [5.41, 5.74) is 7.67. The topological polar surface area (TPSA) is 16.1 Å². The molecule has 2 aliphatic rings. The zero-order chi connectivity index (χ0) is 17.6. The van der Waals surface area contributed by atoms with Crippen LogP contribution in [0.5, 0.6) is 0 Å². The summed E-state index contributed by atoms with van der Waals surface area (Å²) in [6, 6.07) is 6.49. The number of piperidine rings is 1. The van der Waals surface area contributed by atoms with Crippen molar-refractivity contribution in [3.8, 4) is 0 Å². The van der Waals surface area contributed by atoms with Crippen molar-refractivity contribution in [1.82, 2.24) is 9.88 Å². The molecule has 1 unspecified atom stereocenters. The van der Waals surface area contributed by atoms with Gasteiger partial charge in [-0.3, -0.25) is 4.98 Å². The quantitative estimate of drug-likeness (QED) is 0.720. The third-order valence-corrected chi connectivity index (χ3v) is 5.97. The van der Waals surface area contributed by atoms with E-state index in [9.17, 15) is 0 Å². The number of benzene rings is 1. The Bertz CT molecular complexity index is 842. The number of nitrogens with zero attached hydrogens (tertiary/aromatic N) is 2. The van der Waals surface area contributed by atoms with Crippen LogP contribution >= 0.6 is 11.6 Å². The molecule has 1 atom stereocenters. The van der Waals surface area contributed by atoms with Crippen LogP contribution in [0.4, 0.5) is 0 Å². The van der Waals surface area contributed by atoms with Crippen molar-refractivity contribution < 1.29 is 0 Å². The van der Waals surface area contributed by atoms with E-state index in [1.807, 2.05) is 6.20 Å². The Balaban J connectivity index is 1.90. The molecule has 0 radical (unpaired) electrons. The number of hydrogen-bond acceptors (Lipinski definition) is 2. The van der Waals surface area contributed by atoms with E-state index in [4.69, 9.17) is 16.6 Å². The molecule has 1 aliphatic carbocycles. The highest BCUT2D eigenvalue weighted by atomic mass is 35.5. The van der Waals surface area contributed by atoms with Gasteiger partial charge in [-0.2, -0.15) is 0 Å². The number of likely N-dealkylation sites (tertiary alicyclic amines) is 1. The Hall–Kier alpha value is -1.51. The van der Waals surface area contributed by atoms with E-state index in [1.54, 1.807) is 0 Å². The Morgan fingerprint density at radius 3 is 2.56 bits per heavy atom. The lowest BCUT2D eigenvalue weighted by atomic mass is 9.71. The number of halogens is 1. The Morgan fingerprint density at radius 2 is 1.80 bits per heavy atom. The Morgan fingerprint density at radius 1 is 1.08 bits per heavy atom. The summed E-state index contributed by atoms with van der Waals surface area (Å²) in [6.45, 7) is 2.33. The number of fused-ring (bicyclic) bond motifs is 2. The first-order valence-electron chi connectivity index (χ1n) is 9.16. The van der Waals surface area contributed by atoms with E-state index < -0.39 is 0 Å². The fraction of sp³-hybridized carbons (Fsp3) is 0.350. The van der Waals surface area contributed by atoms with Crippen molar-refractivity contribution in [2.45, 2.75) is 18.8 Å². The summed E-state index contributed by atoms with van der Waals surface area (Å²) in [6.07, 6.45) is 8.90. The van der Waals surface area contributed by atoms with Crippen molar-refractivity contribution >= 4 is 50.4 Å². The molecule has 0 bridgehead atoms. The zero-order valence-electron chi connectivity index (χ0n) is 15.2. The van der Waals surface area contributed by atoms with Gasteiger partial charge < -0.3 is 4.90 Å². The fourth-order valence-corrected chi connectivity index (χ4v) is 4.76. The molecule has 25 heavy (non-hydrogen) atoms. The molecule has 1 saturated heterocycles. The predicted octanol–water partition coefficient (Wildman–Crippen LogP) is 1.21. The monoisotopic (exact) mass is 348 g/mol. The second kappa shape index (κ2) is 6.66. The van der Waals surface area contributed by atoms with Crippen LogP contribution in [-0.4, -0.2) is 45.7 Å². The lowest BCUT2D eigenvalue weighted by Crippen LogP contribution is -2.35. The van der Waals surface area contributed by atoms with Gasteiger partial charge in [0.15, 0.2) is 0 Å². The highest BCUT2D eigenvalue weighted by molar-refractivity contribution is 6.37. The Labute approximate surface area is 157 Å². The molecule has 1 aromatic heterocycles. The van der Waals surface area contributed by atoms with E-state index in [0.29, 0.717) is 11.8 Å². The summed E-state index contributed by atoms with van der Waals surface area (Å²) in [7, 11) is 6.53. The van der Waals surface area contributed by atoms with Gasteiger partial charge in [0.1, 0.15) is 15.7 Å². The second-order valence-electron chi connectivity index (χ2n) is 7.66. The maximum atomic E-state index is 6.37. The van der Waals surface area contributed by atoms with Crippen LogP contribution in [0.2, 0.25) is 5.02 Å². The molecule has 2 heterocycles. The lowest BCUT2D eigenvalue weighted by molar-refractivity contribution is 0.206. The summed E-state index contributed by atoms with van der Waals surface area (Å²) in [5, 5.41) is 0.818. The average Bonchev–Trinajstić information content (AvgIpc) is 2.72. The van der Waals surface area contributed by atoms with E-state index >= 15 is 0 Å². The smallest absolute Gasteiger partial charge is 0.141 e. The minimum Gasteiger partial charge on any atom is -0.306 e. The zero-order valence-corrected chi connectivity index (χ0v) is 16.0. The van der Waals surface area contributed by atoms with Gasteiger partial charge in [-0.05, 0) is 67.7 Å². The van der Waals surface area contributed by atoms with Gasteiger partial charge >= 0.3 is 0 Å². The minimum atomic E-state index is 0.353. The van der Waals surface area contributed by atoms with Crippen molar-refractivity contribution in [2.75, 3.05) is 20.1 Å². The number of pyridine rings is 1. The van der Waals surface area contributed by atoms with Gasteiger partial charge in [0.05, 0.1) is 5.69 Å². The standard InChI is InChI=1S/C20H23B2ClN2/c1-25-6-4-12(5-7-25)19-18-13(9-16(23)10-17(18)22)2-3-14-8-15(21)11-24-20(14)19/h2-3,8-12,19H,4-7,21-22H2,1H3. The maximum absolute atomic E-state index is 6.37. The minimum absolute atomic E-state index is 0.353. The molecule has 1 fully saturated rings. The van der Waals surface area contributed by atoms with Gasteiger partial charge in [-0.15, -0.1) is 0 Å². The van der Waals surface area contributed by atoms with Gasteiger partial charge in [0.25, 0.3) is 0 Å². The van der Waals surface area contributed by atoms with Gasteiger partial charge in [0.2, 0.25) is 0 Å². The summed E-state index contributed by atoms with van der Waals surface area (Å²) < 4.78 is 0. The van der Waals surface area contributed by atoms with E-state index in [-0.39, 0.29) is 0 Å². The van der Waals surface area contributed by atoms with Crippen LogP contribution in [0.15, 0.2) is 24.4 Å². The van der Waals surface area contributed by atoms with Crippen molar-refractivity contribution in [2.24, 2.45) is 5.92 Å².